The summed E-state index contributed by atoms with van der Waals surface area (Å²) in [6.07, 6.45) is 0.0707. The quantitative estimate of drug-likeness (QED) is 0.611. The van der Waals surface area contributed by atoms with Gasteiger partial charge in [-0.25, -0.2) is 4.39 Å². The van der Waals surface area contributed by atoms with Gasteiger partial charge >= 0.3 is 8.80 Å². The van der Waals surface area contributed by atoms with Crippen molar-refractivity contribution in [2.45, 2.75) is 40.0 Å². The highest BCUT2D eigenvalue weighted by Gasteiger charge is 2.55. The topological polar surface area (TPSA) is 78.9 Å². The Morgan fingerprint density at radius 2 is 1.03 bits per heavy atom. The molecule has 0 bridgehead atoms. The van der Waals surface area contributed by atoms with Gasteiger partial charge in [-0.3, -0.25) is 14.4 Å². The summed E-state index contributed by atoms with van der Waals surface area (Å²) in [7, 11) is -4.17. The molecule has 0 N–H and O–H groups in total. The molecule has 0 saturated carbocycles. The summed E-state index contributed by atoms with van der Waals surface area (Å²) in [6, 6.07) is 12.5. The molecule has 0 fully saturated rings. The molecule has 2 aromatic carbocycles. The second kappa shape index (κ2) is 9.97. The number of benzene rings is 2. The van der Waals surface area contributed by atoms with E-state index in [1.807, 2.05) is 0 Å². The van der Waals surface area contributed by atoms with Gasteiger partial charge in [0.2, 0.25) is 0 Å². The number of hydrogen-bond acceptors (Lipinski definition) is 6. The van der Waals surface area contributed by atoms with Crippen LogP contribution in [0.25, 0.3) is 11.1 Å². The van der Waals surface area contributed by atoms with Gasteiger partial charge in [-0.15, -0.1) is 0 Å². The first-order chi connectivity index (χ1) is 13.8. The zero-order valence-corrected chi connectivity index (χ0v) is 17.6. The molecule has 0 atom stereocenters. The van der Waals surface area contributed by atoms with E-state index in [9.17, 15) is 18.8 Å². The van der Waals surface area contributed by atoms with Gasteiger partial charge < -0.3 is 13.3 Å². The molecule has 0 unspecified atom stereocenters. The molecule has 0 saturated heterocycles. The van der Waals surface area contributed by atoms with E-state index in [0.717, 1.165) is 11.1 Å². The molecule has 0 spiro atoms. The van der Waals surface area contributed by atoms with Gasteiger partial charge in [-0.05, 0) is 23.3 Å². The normalized spacial score (nSPS) is 10.9. The van der Waals surface area contributed by atoms with Crippen LogP contribution in [-0.4, -0.2) is 26.7 Å². The fourth-order valence-corrected chi connectivity index (χ4v) is 4.80. The van der Waals surface area contributed by atoms with E-state index >= 15 is 0 Å². The fourth-order valence-electron chi connectivity index (χ4n) is 2.41. The van der Waals surface area contributed by atoms with Crippen LogP contribution in [0.3, 0.4) is 0 Å². The molecule has 0 amide bonds. The van der Waals surface area contributed by atoms with Gasteiger partial charge in [0.25, 0.3) is 17.9 Å². The van der Waals surface area contributed by atoms with E-state index in [1.54, 1.807) is 57.2 Å². The average molecular weight is 418 g/mol. The van der Waals surface area contributed by atoms with E-state index < -0.39 is 26.7 Å². The summed E-state index contributed by atoms with van der Waals surface area (Å²) in [6.45, 7) is 4.76. The number of halogens is 1. The Balaban J connectivity index is 2.49. The molecule has 0 aliphatic heterocycles. The van der Waals surface area contributed by atoms with E-state index in [1.165, 1.54) is 12.1 Å². The lowest BCUT2D eigenvalue weighted by Crippen LogP contribution is -2.59. The molecule has 0 aliphatic carbocycles. The maximum atomic E-state index is 13.1. The largest absolute Gasteiger partial charge is 0.742 e. The molecular weight excluding hydrogens is 395 g/mol. The third-order valence-electron chi connectivity index (χ3n) is 4.03. The Labute approximate surface area is 170 Å². The molecule has 0 aliphatic rings. The Kier molecular flexibility index (Phi) is 7.66. The molecular formula is C21H23FO6Si. The van der Waals surface area contributed by atoms with E-state index in [-0.39, 0.29) is 25.1 Å². The van der Waals surface area contributed by atoms with Gasteiger partial charge in [-0.1, -0.05) is 57.2 Å². The minimum Gasteiger partial charge on any atom is -0.452 e. The second-order valence-electron chi connectivity index (χ2n) is 6.12. The Hall–Kier alpha value is -3.00. The predicted molar refractivity (Wildman–Crippen MR) is 106 cm³/mol. The molecule has 8 heteroatoms. The summed E-state index contributed by atoms with van der Waals surface area (Å²) >= 11 is 0. The molecule has 0 radical (unpaired) electrons. The second-order valence-corrected chi connectivity index (χ2v) is 8.43. The van der Waals surface area contributed by atoms with Crippen molar-refractivity contribution in [1.29, 1.82) is 0 Å². The summed E-state index contributed by atoms with van der Waals surface area (Å²) < 4.78 is 29.5. The van der Waals surface area contributed by atoms with Gasteiger partial charge in [0.1, 0.15) is 5.82 Å². The Morgan fingerprint density at radius 3 is 1.38 bits per heavy atom. The first-order valence-corrected chi connectivity index (χ1v) is 11.1. The van der Waals surface area contributed by atoms with E-state index in [0.29, 0.717) is 5.19 Å². The average Bonchev–Trinajstić information content (AvgIpc) is 2.73. The Bertz CT molecular complexity index is 818. The van der Waals surface area contributed by atoms with E-state index in [4.69, 9.17) is 13.3 Å². The molecule has 0 aromatic heterocycles. The van der Waals surface area contributed by atoms with Crippen LogP contribution in [0, 0.1) is 5.82 Å². The van der Waals surface area contributed by atoms with Crippen molar-refractivity contribution in [3.8, 4) is 11.1 Å². The maximum Gasteiger partial charge on any atom is 0.742 e. The van der Waals surface area contributed by atoms with Crippen molar-refractivity contribution in [2.75, 3.05) is 0 Å². The minimum atomic E-state index is -4.17. The van der Waals surface area contributed by atoms with Gasteiger partial charge in [0, 0.05) is 19.3 Å². The third kappa shape index (κ3) is 5.74. The lowest BCUT2D eigenvalue weighted by atomic mass is 10.1. The maximum absolute atomic E-state index is 13.1. The van der Waals surface area contributed by atoms with Gasteiger partial charge in [-0.2, -0.15) is 0 Å². The van der Waals surface area contributed by atoms with Crippen molar-refractivity contribution >= 4 is 31.9 Å². The molecule has 6 nitrogen and oxygen atoms in total. The van der Waals surface area contributed by atoms with Gasteiger partial charge in [0.05, 0.1) is 5.19 Å². The first-order valence-electron chi connectivity index (χ1n) is 9.35. The van der Waals surface area contributed by atoms with Crippen LogP contribution in [0.4, 0.5) is 4.39 Å². The number of hydrogen-bond donors (Lipinski definition) is 0. The third-order valence-corrected chi connectivity index (χ3v) is 6.56. The zero-order chi connectivity index (χ0) is 21.4. The number of carbonyl (C=O) groups excluding carboxylic acids is 3. The molecule has 0 heterocycles. The molecule has 2 rings (SSSR count). The summed E-state index contributed by atoms with van der Waals surface area (Å²) in [5.41, 5.74) is 1.54. The van der Waals surface area contributed by atoms with Crippen LogP contribution in [-0.2, 0) is 27.7 Å². The smallest absolute Gasteiger partial charge is 0.452 e. The summed E-state index contributed by atoms with van der Waals surface area (Å²) in [4.78, 5) is 36.2. The van der Waals surface area contributed by atoms with E-state index in [2.05, 4.69) is 0 Å². The molecule has 2 aromatic rings. The fraction of sp³-hybridized carbons (Fsp3) is 0.286. The SMILES string of the molecule is CCC(=O)O[Si](OC(=O)CC)(OC(=O)CC)c1ccc(-c2ccc(F)cc2)cc1. The van der Waals surface area contributed by atoms with Crippen LogP contribution in [0.1, 0.15) is 40.0 Å². The lowest BCUT2D eigenvalue weighted by Gasteiger charge is -2.27. The highest BCUT2D eigenvalue weighted by Crippen LogP contribution is 2.21. The minimum absolute atomic E-state index is 0.0236. The van der Waals surface area contributed by atoms with Crippen LogP contribution in [0.15, 0.2) is 48.5 Å². The van der Waals surface area contributed by atoms with Crippen LogP contribution < -0.4 is 5.19 Å². The van der Waals surface area contributed by atoms with Crippen LogP contribution in [0.2, 0.25) is 0 Å². The van der Waals surface area contributed by atoms with Crippen molar-refractivity contribution in [3.63, 3.8) is 0 Å². The predicted octanol–water partition coefficient (Wildman–Crippen LogP) is 3.50. The van der Waals surface area contributed by atoms with Crippen LogP contribution >= 0.6 is 0 Å². The Morgan fingerprint density at radius 1 is 0.690 bits per heavy atom. The molecule has 29 heavy (non-hydrogen) atoms. The summed E-state index contributed by atoms with van der Waals surface area (Å²) in [5, 5.41) is 0.300. The summed E-state index contributed by atoms with van der Waals surface area (Å²) in [5.74, 6) is -2.28. The molecule has 154 valence electrons. The van der Waals surface area contributed by atoms with Crippen molar-refractivity contribution in [1.82, 2.24) is 0 Å². The van der Waals surface area contributed by atoms with Crippen LogP contribution in [0.5, 0.6) is 0 Å². The zero-order valence-electron chi connectivity index (χ0n) is 16.6. The van der Waals surface area contributed by atoms with Gasteiger partial charge in [0.15, 0.2) is 0 Å². The highest BCUT2D eigenvalue weighted by molar-refractivity contribution is 6.79. The number of carbonyl (C=O) groups is 3. The van der Waals surface area contributed by atoms with Crippen molar-refractivity contribution in [3.05, 3.63) is 54.3 Å². The highest BCUT2D eigenvalue weighted by atomic mass is 28.4. The lowest BCUT2D eigenvalue weighted by molar-refractivity contribution is -0.149. The monoisotopic (exact) mass is 418 g/mol. The van der Waals surface area contributed by atoms with Crippen molar-refractivity contribution in [2.24, 2.45) is 0 Å². The standard InChI is InChI=1S/C21H23FO6Si/c1-4-19(23)26-29(27-20(24)5-2,28-21(25)6-3)18-13-9-16(10-14-18)15-7-11-17(22)12-8-15/h7-14H,4-6H2,1-3H3. The first kappa shape index (κ1) is 22.3. The number of rotatable bonds is 8. The van der Waals surface area contributed by atoms with Crippen molar-refractivity contribution < 1.29 is 32.1 Å².